The summed E-state index contributed by atoms with van der Waals surface area (Å²) in [6, 6.07) is 4.40. The number of benzene rings is 1. The molecule has 0 bridgehead atoms. The summed E-state index contributed by atoms with van der Waals surface area (Å²) in [7, 11) is -3.51. The summed E-state index contributed by atoms with van der Waals surface area (Å²) < 4.78 is 180. The van der Waals surface area contributed by atoms with E-state index in [9.17, 15) is 101 Å². The number of rotatable bonds is 49. The summed E-state index contributed by atoms with van der Waals surface area (Å²) in [6.45, 7) is 15.5. The fraction of sp³-hybridized carbons (Fsp3) is 0.710. The molecule has 6 fully saturated rings. The van der Waals surface area contributed by atoms with Gasteiger partial charge in [0.1, 0.15) is 113 Å². The van der Waals surface area contributed by atoms with Gasteiger partial charge in [0.25, 0.3) is 0 Å². The molecule has 6 heterocycles. The normalized spacial score (nSPS) is 29.7. The smallest absolute Gasteiger partial charge is 0.303 e. The molecule has 3 N–H and O–H groups in total. The molecule has 0 saturated carbocycles. The van der Waals surface area contributed by atoms with E-state index < -0.39 is 357 Å². The first-order valence-electron chi connectivity index (χ1n) is 47.1. The molecular weight excluding hydrogens is 2000 g/mol. The van der Waals surface area contributed by atoms with Crippen molar-refractivity contribution >= 4 is 138 Å². The summed E-state index contributed by atoms with van der Waals surface area (Å²) >= 11 is 0. The maximum Gasteiger partial charge on any atom is 0.303 e. The van der Waals surface area contributed by atoms with Crippen LogP contribution >= 0.6 is 0 Å². The molecule has 0 radical (unpaired) electrons. The number of hydrogen-bond donors (Lipinski definition) is 3. The van der Waals surface area contributed by atoms with E-state index in [0.717, 1.165) is 151 Å². The van der Waals surface area contributed by atoms with Crippen LogP contribution in [0.15, 0.2) is 30.3 Å². The Morgan fingerprint density at radius 3 is 0.601 bits per heavy atom. The van der Waals surface area contributed by atoms with Crippen molar-refractivity contribution in [2.45, 2.75) is 367 Å². The van der Waals surface area contributed by atoms with Gasteiger partial charge in [-0.1, -0.05) is 53.7 Å². The predicted molar refractivity (Wildman–Crippen MR) is 484 cm³/mol. The van der Waals surface area contributed by atoms with Gasteiger partial charge in [-0.25, -0.2) is 0 Å². The molecular formula is C93H131N3O51Si. The molecule has 6 aliphatic heterocycles. The van der Waals surface area contributed by atoms with Crippen LogP contribution < -0.4 is 21.1 Å². The van der Waals surface area contributed by atoms with E-state index in [2.05, 4.69) is 16.0 Å². The average molecular weight is 2140 g/mol. The standard InChI is InChI=1S/C93H131N3O51Si/c1-42(97)94-70-79(130-54(13)109)73(145-91-85(136-60(19)115)82(133-57(16)112)76(127-51(10)106)67(142-91)39-124-48(7)103)64(36-121-45(4)100)139-88(70)118-30-25-33-148(63-28-23-22-24-29-63,34-26-31-119-89-71(95-43(2)98)80(131-55(14)110)74(65(140-89)37-122-46(5)101)146-92-86(137-61(20)116)83(134-58(17)113)77(128-52(11)107)68(143-92)40-125-49(8)104)35-27-32-120-90-72(96-44(3)99)81(132-56(15)111)75(66(141-90)38-123-47(6)102)147-93-87(138-62(21)117)84(135-59(18)114)78(129-53(12)108)69(144-93)41-126-50(9)105/h22-24,28-29,64-93H,25-27,30-41H2,1-21H3,(H,94,97)(H,95,98)(H,96,99)/t64-,65-,66-,67-,68-,69-,70-,71-,72-,73-,74-,75-,76+,77+,78+,79-,80-,81-,82+,83+,84+,85-,86-,87-,88-,89-,90-,91+,92+,93+/m1/s1. The van der Waals surface area contributed by atoms with E-state index in [1.807, 2.05) is 12.1 Å². The first-order valence-corrected chi connectivity index (χ1v) is 49.7. The predicted octanol–water partition coefficient (Wildman–Crippen LogP) is -0.859. The molecule has 54 nitrogen and oxygen atoms in total. The van der Waals surface area contributed by atoms with Gasteiger partial charge in [-0.2, -0.15) is 0 Å². The second-order valence-corrected chi connectivity index (χ2v) is 39.7. The van der Waals surface area contributed by atoms with E-state index in [-0.39, 0.29) is 57.2 Å². The number of nitrogens with one attached hydrogen (secondary N) is 3. The lowest BCUT2D eigenvalue weighted by Crippen LogP contribution is -2.69. The average Bonchev–Trinajstić information content (AvgIpc) is 0.765. The Bertz CT molecular complexity index is 4340. The Morgan fingerprint density at radius 1 is 0.223 bits per heavy atom. The summed E-state index contributed by atoms with van der Waals surface area (Å²) in [5.41, 5.74) is 0. The SMILES string of the molecule is CC(=O)N[C@H]1[C@H](OCCC[Si](CCCO[C@@H]2O[C@H](COC(C)=O)[C@@H](O[C@@H]3O[C@H](COC(C)=O)[C@H](OC(C)=O)[C@H](OC(C)=O)[C@H]3OC(C)=O)[C@H](OC(C)=O)[C@H]2NC(C)=O)(CCCO[C@@H]2O[C@H](COC(C)=O)[C@@H](O[C@@H]3O[C@H](COC(C)=O)[C@H](OC(C)=O)[C@H](OC(C)=O)[C@H]3OC(C)=O)[C@H](OC(C)=O)[C@H]2NC(C)=O)c2ccccc2)O[C@H](COC(C)=O)[C@@H](O[C@@H]2O[C@H](COC(C)=O)[C@H](OC(C)=O)[C@H](OC(C)=O)[C@H]2OC(C)=O)[C@@H]1OC(C)=O. The maximum absolute atomic E-state index is 13.7. The van der Waals surface area contributed by atoms with E-state index in [0.29, 0.717) is 0 Å². The van der Waals surface area contributed by atoms with Gasteiger partial charge < -0.3 is 158 Å². The molecule has 0 aliphatic carbocycles. The van der Waals surface area contributed by atoms with Crippen molar-refractivity contribution in [3.05, 3.63) is 30.3 Å². The lowest BCUT2D eigenvalue weighted by molar-refractivity contribution is -0.350. The molecule has 30 atom stereocenters. The van der Waals surface area contributed by atoms with Crippen LogP contribution in [0, 0.1) is 0 Å². The van der Waals surface area contributed by atoms with E-state index in [4.69, 9.17) is 142 Å². The van der Waals surface area contributed by atoms with Gasteiger partial charge in [0, 0.05) is 165 Å². The van der Waals surface area contributed by atoms with Gasteiger partial charge in [0.05, 0.1) is 8.07 Å². The lowest BCUT2D eigenvalue weighted by Gasteiger charge is -2.49. The first kappa shape index (κ1) is 123. The quantitative estimate of drug-likeness (QED) is 0.0309. The topological polar surface area (TPSA) is 671 Å². The molecule has 0 unspecified atom stereocenters. The van der Waals surface area contributed by atoms with Crippen LogP contribution in [0.4, 0.5) is 0 Å². The second kappa shape index (κ2) is 58.7. The molecule has 148 heavy (non-hydrogen) atoms. The number of carbonyl (C=O) groups excluding carboxylic acids is 21. The highest BCUT2D eigenvalue weighted by atomic mass is 28.3. The fourth-order valence-electron chi connectivity index (χ4n) is 17.6. The highest BCUT2D eigenvalue weighted by Gasteiger charge is 2.63. The summed E-state index contributed by atoms with van der Waals surface area (Å²) in [5, 5.41) is 8.80. The molecule has 6 aliphatic rings. The van der Waals surface area contributed by atoms with Gasteiger partial charge in [-0.3, -0.25) is 101 Å². The third-order valence-corrected chi connectivity index (χ3v) is 28.1. The third-order valence-electron chi connectivity index (χ3n) is 22.7. The maximum atomic E-state index is 13.7. The number of esters is 18. The van der Waals surface area contributed by atoms with Gasteiger partial charge in [-0.05, 0) is 19.3 Å². The summed E-state index contributed by atoms with van der Waals surface area (Å²) in [4.78, 5) is 275. The zero-order valence-corrected chi connectivity index (χ0v) is 86.6. The Kier molecular flexibility index (Phi) is 48.7. The Balaban J connectivity index is 1.36. The van der Waals surface area contributed by atoms with E-state index in [1.165, 1.54) is 0 Å². The van der Waals surface area contributed by atoms with Crippen molar-refractivity contribution < 1.29 is 243 Å². The van der Waals surface area contributed by atoms with Crippen molar-refractivity contribution in [1.82, 2.24) is 16.0 Å². The van der Waals surface area contributed by atoms with Crippen molar-refractivity contribution in [3.8, 4) is 0 Å². The summed E-state index contributed by atoms with van der Waals surface area (Å²) in [5.74, 6) is -20.0. The van der Waals surface area contributed by atoms with Crippen LogP contribution in [0.1, 0.15) is 165 Å². The van der Waals surface area contributed by atoms with Gasteiger partial charge in [0.2, 0.25) is 17.7 Å². The molecule has 1 aromatic carbocycles. The van der Waals surface area contributed by atoms with Crippen LogP contribution in [0.5, 0.6) is 0 Å². The number of hydrogen-bond acceptors (Lipinski definition) is 51. The minimum absolute atomic E-state index is 0.00531. The van der Waals surface area contributed by atoms with Crippen molar-refractivity contribution in [3.63, 3.8) is 0 Å². The molecule has 1 aromatic rings. The molecule has 6 saturated heterocycles. The summed E-state index contributed by atoms with van der Waals surface area (Å²) in [6.07, 6.45) is -48.4. The minimum Gasteiger partial charge on any atom is -0.463 e. The van der Waals surface area contributed by atoms with Crippen molar-refractivity contribution in [2.75, 3.05) is 59.5 Å². The zero-order chi connectivity index (χ0) is 110. The van der Waals surface area contributed by atoms with Crippen LogP contribution in [-0.2, 0) is 243 Å². The van der Waals surface area contributed by atoms with Crippen LogP contribution in [-0.4, -0.2) is 377 Å². The largest absolute Gasteiger partial charge is 0.463 e. The minimum atomic E-state index is -3.51. The van der Waals surface area contributed by atoms with Crippen molar-refractivity contribution in [1.29, 1.82) is 0 Å². The number of carbonyl (C=O) groups is 21. The van der Waals surface area contributed by atoms with Crippen LogP contribution in [0.2, 0.25) is 18.1 Å². The van der Waals surface area contributed by atoms with Crippen LogP contribution in [0.25, 0.3) is 0 Å². The molecule has 3 amide bonds. The Labute approximate surface area is 850 Å². The van der Waals surface area contributed by atoms with Gasteiger partial charge >= 0.3 is 107 Å². The van der Waals surface area contributed by atoms with Crippen LogP contribution in [0.3, 0.4) is 0 Å². The zero-order valence-electron chi connectivity index (χ0n) is 85.6. The monoisotopic (exact) mass is 2130 g/mol. The highest BCUT2D eigenvalue weighted by molar-refractivity contribution is 6.91. The molecule has 828 valence electrons. The molecule has 7 rings (SSSR count). The molecule has 0 spiro atoms. The van der Waals surface area contributed by atoms with E-state index >= 15 is 0 Å². The molecule has 0 aromatic heterocycles. The second-order valence-electron chi connectivity index (χ2n) is 35.0. The van der Waals surface area contributed by atoms with Gasteiger partial charge in [0.15, 0.2) is 111 Å². The van der Waals surface area contributed by atoms with Gasteiger partial charge in [-0.15, -0.1) is 0 Å². The third kappa shape index (κ3) is 38.4. The molecule has 55 heteroatoms. The fourth-order valence-corrected chi connectivity index (χ4v) is 22.6. The highest BCUT2D eigenvalue weighted by Crippen LogP contribution is 2.41. The van der Waals surface area contributed by atoms with Crippen molar-refractivity contribution in [2.24, 2.45) is 0 Å². The Morgan fingerprint density at radius 2 is 0.405 bits per heavy atom. The Hall–Kier alpha value is -12.2. The lowest BCUT2D eigenvalue weighted by atomic mass is 9.94. The number of amides is 3. The van der Waals surface area contributed by atoms with E-state index in [1.54, 1.807) is 18.2 Å². The number of ether oxygens (including phenoxy) is 30. The first-order chi connectivity index (χ1) is 69.6.